The van der Waals surface area contributed by atoms with Crippen LogP contribution in [0.15, 0.2) is 60.7 Å². The highest BCUT2D eigenvalue weighted by Crippen LogP contribution is 2.31. The van der Waals surface area contributed by atoms with Crippen molar-refractivity contribution in [1.82, 2.24) is 4.98 Å². The van der Waals surface area contributed by atoms with E-state index < -0.39 is 11.9 Å². The summed E-state index contributed by atoms with van der Waals surface area (Å²) < 4.78 is 38.1. The molecule has 1 aromatic heterocycles. The van der Waals surface area contributed by atoms with Gasteiger partial charge in [-0.15, -0.1) is 0 Å². The van der Waals surface area contributed by atoms with E-state index in [1.54, 1.807) is 12.1 Å². The van der Waals surface area contributed by atoms with Crippen molar-refractivity contribution in [3.05, 3.63) is 71.9 Å². The molecule has 0 aliphatic carbocycles. The lowest BCUT2D eigenvalue weighted by atomic mass is 10.2. The fraction of sp³-hybridized carbons (Fsp3) is 0.0556. The molecule has 0 aliphatic heterocycles. The third-order valence-electron chi connectivity index (χ3n) is 3.42. The molecule has 0 atom stereocenters. The van der Waals surface area contributed by atoms with Crippen molar-refractivity contribution in [2.45, 2.75) is 6.18 Å². The van der Waals surface area contributed by atoms with Crippen LogP contribution < -0.4 is 5.32 Å². The van der Waals surface area contributed by atoms with E-state index in [1.165, 1.54) is 18.2 Å². The Labute approximate surface area is 135 Å². The molecule has 0 fully saturated rings. The van der Waals surface area contributed by atoms with E-state index in [-0.39, 0.29) is 5.91 Å². The summed E-state index contributed by atoms with van der Waals surface area (Å²) in [6, 6.07) is 14.9. The molecule has 2 aromatic carbocycles. The van der Waals surface area contributed by atoms with E-state index in [9.17, 15) is 18.0 Å². The smallest absolute Gasteiger partial charge is 0.351 e. The maximum Gasteiger partial charge on any atom is 0.431 e. The van der Waals surface area contributed by atoms with Crippen LogP contribution >= 0.6 is 0 Å². The van der Waals surface area contributed by atoms with Crippen LogP contribution in [0.3, 0.4) is 0 Å². The first-order valence-electron chi connectivity index (χ1n) is 7.16. The van der Waals surface area contributed by atoms with Gasteiger partial charge in [0.15, 0.2) is 0 Å². The fourth-order valence-electron chi connectivity index (χ4n) is 2.28. The minimum atomic E-state index is -4.43. The number of anilines is 1. The normalized spacial score (nSPS) is 12.0. The van der Waals surface area contributed by atoms with Gasteiger partial charge in [0.2, 0.25) is 5.91 Å². The number of nitrogens with one attached hydrogen (secondary N) is 2. The van der Waals surface area contributed by atoms with Crippen LogP contribution in [0.4, 0.5) is 18.9 Å². The highest BCUT2D eigenvalue weighted by atomic mass is 19.4. The molecule has 122 valence electrons. The lowest BCUT2D eigenvalue weighted by molar-refractivity contribution is -0.140. The van der Waals surface area contributed by atoms with E-state index in [2.05, 4.69) is 10.3 Å². The Morgan fingerprint density at radius 2 is 1.79 bits per heavy atom. The predicted octanol–water partition coefficient (Wildman–Crippen LogP) is 4.84. The summed E-state index contributed by atoms with van der Waals surface area (Å²) in [6.45, 7) is 0. The molecular formula is C18H13F3N2O. The first-order chi connectivity index (χ1) is 11.4. The van der Waals surface area contributed by atoms with Gasteiger partial charge in [0.25, 0.3) is 0 Å². The topological polar surface area (TPSA) is 44.9 Å². The van der Waals surface area contributed by atoms with Gasteiger partial charge in [0, 0.05) is 22.7 Å². The largest absolute Gasteiger partial charge is 0.431 e. The van der Waals surface area contributed by atoms with Gasteiger partial charge in [0.1, 0.15) is 5.69 Å². The number of hydrogen-bond donors (Lipinski definition) is 2. The molecular weight excluding hydrogens is 317 g/mol. The molecule has 0 spiro atoms. The van der Waals surface area contributed by atoms with Crippen LogP contribution in [-0.2, 0) is 11.0 Å². The van der Waals surface area contributed by atoms with E-state index >= 15 is 0 Å². The van der Waals surface area contributed by atoms with Crippen molar-refractivity contribution in [3.63, 3.8) is 0 Å². The summed E-state index contributed by atoms with van der Waals surface area (Å²) in [5.74, 6) is -0.357. The molecule has 0 saturated heterocycles. The number of H-pyrrole nitrogens is 1. The van der Waals surface area contributed by atoms with E-state index in [4.69, 9.17) is 0 Å². The number of aromatic nitrogens is 1. The highest BCUT2D eigenvalue weighted by molar-refractivity contribution is 6.03. The number of carbonyl (C=O) groups excluding carboxylic acids is 1. The van der Waals surface area contributed by atoms with Gasteiger partial charge in [-0.2, -0.15) is 13.2 Å². The first-order valence-corrected chi connectivity index (χ1v) is 7.16. The SMILES string of the molecule is O=C(/C=C/c1ccccc1)Nc1ccc2[nH]c(C(F)(F)F)cc2c1. The second-order valence-electron chi connectivity index (χ2n) is 5.22. The zero-order chi connectivity index (χ0) is 17.2. The molecule has 24 heavy (non-hydrogen) atoms. The van der Waals surface area contributed by atoms with Gasteiger partial charge in [-0.05, 0) is 35.9 Å². The molecule has 3 aromatic rings. The van der Waals surface area contributed by atoms with E-state index in [0.717, 1.165) is 11.6 Å². The van der Waals surface area contributed by atoms with Crippen LogP contribution in [0.1, 0.15) is 11.3 Å². The fourth-order valence-corrected chi connectivity index (χ4v) is 2.28. The quantitative estimate of drug-likeness (QED) is 0.663. The van der Waals surface area contributed by atoms with Crippen LogP contribution in [0.5, 0.6) is 0 Å². The van der Waals surface area contributed by atoms with Gasteiger partial charge >= 0.3 is 6.18 Å². The number of hydrogen-bond acceptors (Lipinski definition) is 1. The summed E-state index contributed by atoms with van der Waals surface area (Å²) in [7, 11) is 0. The van der Waals surface area contributed by atoms with E-state index in [0.29, 0.717) is 16.6 Å². The molecule has 0 aliphatic rings. The summed E-state index contributed by atoms with van der Waals surface area (Å²) in [5.41, 5.74) is 0.853. The van der Waals surface area contributed by atoms with Crippen molar-refractivity contribution in [1.29, 1.82) is 0 Å². The van der Waals surface area contributed by atoms with Gasteiger partial charge in [-0.1, -0.05) is 30.3 Å². The first kappa shape index (κ1) is 15.9. The zero-order valence-electron chi connectivity index (χ0n) is 12.4. The van der Waals surface area contributed by atoms with Crippen molar-refractivity contribution in [2.75, 3.05) is 5.32 Å². The van der Waals surface area contributed by atoms with Crippen LogP contribution in [0.25, 0.3) is 17.0 Å². The molecule has 3 nitrogen and oxygen atoms in total. The van der Waals surface area contributed by atoms with Crippen molar-refractivity contribution in [2.24, 2.45) is 0 Å². The van der Waals surface area contributed by atoms with Gasteiger partial charge < -0.3 is 10.3 Å². The monoisotopic (exact) mass is 330 g/mol. The molecule has 0 unspecified atom stereocenters. The number of carbonyl (C=O) groups is 1. The van der Waals surface area contributed by atoms with Crippen molar-refractivity contribution >= 4 is 28.6 Å². The Balaban J connectivity index is 1.75. The molecule has 6 heteroatoms. The van der Waals surface area contributed by atoms with Crippen molar-refractivity contribution in [3.8, 4) is 0 Å². The Morgan fingerprint density at radius 1 is 1.04 bits per heavy atom. The number of fused-ring (bicyclic) bond motifs is 1. The highest BCUT2D eigenvalue weighted by Gasteiger charge is 2.32. The number of alkyl halides is 3. The number of amides is 1. The molecule has 3 rings (SSSR count). The van der Waals surface area contributed by atoms with Crippen molar-refractivity contribution < 1.29 is 18.0 Å². The average Bonchev–Trinajstić information content (AvgIpc) is 2.97. The zero-order valence-corrected chi connectivity index (χ0v) is 12.4. The van der Waals surface area contributed by atoms with Crippen LogP contribution in [0, 0.1) is 0 Å². The van der Waals surface area contributed by atoms with Crippen LogP contribution in [-0.4, -0.2) is 10.9 Å². The minimum absolute atomic E-state index is 0.357. The Hall–Kier alpha value is -3.02. The van der Waals surface area contributed by atoms with E-state index in [1.807, 2.05) is 30.3 Å². The minimum Gasteiger partial charge on any atom is -0.351 e. The Kier molecular flexibility index (Phi) is 4.12. The summed E-state index contributed by atoms with van der Waals surface area (Å²) >= 11 is 0. The maximum absolute atomic E-state index is 12.7. The second kappa shape index (κ2) is 6.23. The number of aromatic amines is 1. The summed E-state index contributed by atoms with van der Waals surface area (Å²) in [6.07, 6.45) is -1.40. The number of benzene rings is 2. The van der Waals surface area contributed by atoms with Gasteiger partial charge in [0.05, 0.1) is 0 Å². The maximum atomic E-state index is 12.7. The lowest BCUT2D eigenvalue weighted by Gasteiger charge is -2.02. The standard InChI is InChI=1S/C18H13F3N2O/c19-18(20,21)16-11-13-10-14(7-8-15(13)23-16)22-17(24)9-6-12-4-2-1-3-5-12/h1-11,23H,(H,22,24)/b9-6+. The van der Waals surface area contributed by atoms with Gasteiger partial charge in [-0.25, -0.2) is 0 Å². The third kappa shape index (κ3) is 3.65. The molecule has 0 saturated carbocycles. The number of rotatable bonds is 3. The average molecular weight is 330 g/mol. The molecule has 0 bridgehead atoms. The Morgan fingerprint density at radius 3 is 2.50 bits per heavy atom. The summed E-state index contributed by atoms with van der Waals surface area (Å²) in [5, 5.41) is 3.01. The predicted molar refractivity (Wildman–Crippen MR) is 87.4 cm³/mol. The summed E-state index contributed by atoms with van der Waals surface area (Å²) in [4.78, 5) is 14.2. The third-order valence-corrected chi connectivity index (χ3v) is 3.42. The molecule has 1 amide bonds. The molecule has 0 radical (unpaired) electrons. The number of halogens is 3. The molecule has 1 heterocycles. The second-order valence-corrected chi connectivity index (χ2v) is 5.22. The molecule has 2 N–H and O–H groups in total. The lowest BCUT2D eigenvalue weighted by Crippen LogP contribution is -2.07. The van der Waals surface area contributed by atoms with Gasteiger partial charge in [-0.3, -0.25) is 4.79 Å². The Bertz CT molecular complexity index is 896. The van der Waals surface area contributed by atoms with Crippen LogP contribution in [0.2, 0.25) is 0 Å².